The molecule has 1 aromatic carbocycles. The zero-order chi connectivity index (χ0) is 17.6. The van der Waals surface area contributed by atoms with E-state index in [1.165, 1.54) is 12.8 Å². The molecule has 1 fully saturated rings. The Hall–Kier alpha value is -2.76. The molecule has 1 aromatic heterocycles. The molecule has 0 aliphatic heterocycles. The van der Waals surface area contributed by atoms with E-state index in [0.717, 1.165) is 11.4 Å². The van der Waals surface area contributed by atoms with Crippen LogP contribution >= 0.6 is 0 Å². The molecule has 2 aromatic rings. The van der Waals surface area contributed by atoms with Gasteiger partial charge in [-0.15, -0.1) is 0 Å². The summed E-state index contributed by atoms with van der Waals surface area (Å²) in [5, 5.41) is 6.24. The number of nitrogens with zero attached hydrogens (tertiary/aromatic N) is 1. The lowest BCUT2D eigenvalue weighted by Gasteiger charge is -2.10. The van der Waals surface area contributed by atoms with E-state index in [1.54, 1.807) is 32.5 Å². The van der Waals surface area contributed by atoms with Gasteiger partial charge in [0.25, 0.3) is 5.91 Å². The first kappa shape index (κ1) is 17.1. The summed E-state index contributed by atoms with van der Waals surface area (Å²) in [5.74, 6) is 2.05. The third kappa shape index (κ3) is 4.62. The molecule has 0 unspecified atom stereocenters. The maximum absolute atomic E-state index is 12.3. The molecule has 0 saturated heterocycles. The lowest BCUT2D eigenvalue weighted by Crippen LogP contribution is -2.25. The van der Waals surface area contributed by atoms with Crippen molar-refractivity contribution >= 4 is 11.7 Å². The summed E-state index contributed by atoms with van der Waals surface area (Å²) in [7, 11) is 3.22. The molecule has 0 bridgehead atoms. The first-order valence-electron chi connectivity index (χ1n) is 8.41. The number of ether oxygens (including phenoxy) is 2. The Morgan fingerprint density at radius 1 is 1.16 bits per heavy atom. The molecule has 1 amide bonds. The van der Waals surface area contributed by atoms with E-state index >= 15 is 0 Å². The van der Waals surface area contributed by atoms with Gasteiger partial charge in [-0.1, -0.05) is 6.07 Å². The molecule has 0 radical (unpaired) electrons. The number of pyridine rings is 1. The highest BCUT2D eigenvalue weighted by atomic mass is 16.5. The second-order valence-electron chi connectivity index (χ2n) is 6.04. The van der Waals surface area contributed by atoms with Crippen LogP contribution in [0.5, 0.6) is 11.5 Å². The van der Waals surface area contributed by atoms with Crippen molar-refractivity contribution in [2.75, 3.05) is 26.1 Å². The second-order valence-corrected chi connectivity index (χ2v) is 6.04. The quantitative estimate of drug-likeness (QED) is 0.772. The molecule has 132 valence electrons. The monoisotopic (exact) mass is 341 g/mol. The van der Waals surface area contributed by atoms with Crippen LogP contribution in [-0.2, 0) is 6.42 Å². The number of nitrogens with one attached hydrogen (secondary N) is 2. The van der Waals surface area contributed by atoms with E-state index in [2.05, 4.69) is 15.6 Å². The second kappa shape index (κ2) is 7.88. The molecule has 25 heavy (non-hydrogen) atoms. The molecule has 1 aliphatic carbocycles. The lowest BCUT2D eigenvalue weighted by molar-refractivity contribution is 0.0954. The maximum Gasteiger partial charge on any atom is 0.251 e. The van der Waals surface area contributed by atoms with Crippen molar-refractivity contribution < 1.29 is 14.3 Å². The van der Waals surface area contributed by atoms with Gasteiger partial charge in [-0.3, -0.25) is 4.79 Å². The molecule has 1 heterocycles. The Morgan fingerprint density at radius 3 is 2.68 bits per heavy atom. The van der Waals surface area contributed by atoms with Crippen LogP contribution < -0.4 is 20.1 Å². The van der Waals surface area contributed by atoms with Gasteiger partial charge >= 0.3 is 0 Å². The largest absolute Gasteiger partial charge is 0.493 e. The Kier molecular flexibility index (Phi) is 5.38. The minimum absolute atomic E-state index is 0.0956. The Bertz CT molecular complexity index is 744. The normalized spacial score (nSPS) is 13.2. The molecule has 6 heteroatoms. The van der Waals surface area contributed by atoms with Gasteiger partial charge in [-0.2, -0.15) is 0 Å². The fourth-order valence-corrected chi connectivity index (χ4v) is 2.55. The van der Waals surface area contributed by atoms with Crippen molar-refractivity contribution in [1.82, 2.24) is 10.3 Å². The smallest absolute Gasteiger partial charge is 0.251 e. The van der Waals surface area contributed by atoms with Crippen molar-refractivity contribution in [1.29, 1.82) is 0 Å². The first-order valence-corrected chi connectivity index (χ1v) is 8.41. The summed E-state index contributed by atoms with van der Waals surface area (Å²) in [4.78, 5) is 16.5. The zero-order valence-electron chi connectivity index (χ0n) is 14.5. The molecule has 1 saturated carbocycles. The van der Waals surface area contributed by atoms with Gasteiger partial charge in [0.2, 0.25) is 0 Å². The summed E-state index contributed by atoms with van der Waals surface area (Å²) in [6.45, 7) is 0.544. The van der Waals surface area contributed by atoms with E-state index in [-0.39, 0.29) is 5.91 Å². The van der Waals surface area contributed by atoms with Crippen molar-refractivity contribution in [3.63, 3.8) is 0 Å². The van der Waals surface area contributed by atoms with Crippen molar-refractivity contribution in [2.45, 2.75) is 25.3 Å². The van der Waals surface area contributed by atoms with Gasteiger partial charge in [0.15, 0.2) is 11.5 Å². The summed E-state index contributed by atoms with van der Waals surface area (Å²) in [6.07, 6.45) is 4.71. The molecule has 0 spiro atoms. The topological polar surface area (TPSA) is 72.5 Å². The fraction of sp³-hybridized carbons (Fsp3) is 0.368. The first-order chi connectivity index (χ1) is 12.2. The molecule has 3 rings (SSSR count). The maximum atomic E-state index is 12.3. The zero-order valence-corrected chi connectivity index (χ0v) is 14.5. The summed E-state index contributed by atoms with van der Waals surface area (Å²) in [5.41, 5.74) is 1.69. The van der Waals surface area contributed by atoms with Crippen molar-refractivity contribution in [3.05, 3.63) is 47.7 Å². The highest BCUT2D eigenvalue weighted by molar-refractivity contribution is 5.94. The molecule has 6 nitrogen and oxygen atoms in total. The average molecular weight is 341 g/mol. The van der Waals surface area contributed by atoms with Gasteiger partial charge in [0.05, 0.1) is 14.2 Å². The number of carbonyl (C=O) groups excluding carboxylic acids is 1. The number of methoxy groups -OCH3 is 2. The minimum Gasteiger partial charge on any atom is -0.493 e. The Labute approximate surface area is 147 Å². The number of rotatable bonds is 8. The van der Waals surface area contributed by atoms with Crippen molar-refractivity contribution in [3.8, 4) is 11.5 Å². The van der Waals surface area contributed by atoms with E-state index < -0.39 is 0 Å². The predicted molar refractivity (Wildman–Crippen MR) is 96.5 cm³/mol. The molecular formula is C19H23N3O3. The number of carbonyl (C=O) groups is 1. The van der Waals surface area contributed by atoms with Crippen LogP contribution in [0.1, 0.15) is 28.8 Å². The molecular weight excluding hydrogens is 318 g/mol. The third-order valence-electron chi connectivity index (χ3n) is 4.10. The van der Waals surface area contributed by atoms with Crippen LogP contribution in [0.3, 0.4) is 0 Å². The standard InChI is InChI=1S/C19H23N3O3/c1-24-16-6-3-13(11-17(16)25-2)7-9-21-19(23)14-8-10-20-18(12-14)22-15-4-5-15/h3,6,8,10-12,15H,4-5,7,9H2,1-2H3,(H,20,22)(H,21,23). The van der Waals surface area contributed by atoms with Crippen LogP contribution in [0.15, 0.2) is 36.5 Å². The highest BCUT2D eigenvalue weighted by Gasteiger charge is 2.21. The van der Waals surface area contributed by atoms with Crippen LogP contribution in [-0.4, -0.2) is 37.7 Å². The number of anilines is 1. The van der Waals surface area contributed by atoms with Gasteiger partial charge in [0.1, 0.15) is 5.82 Å². The summed E-state index contributed by atoms with van der Waals surface area (Å²) >= 11 is 0. The third-order valence-corrected chi connectivity index (χ3v) is 4.10. The van der Waals surface area contributed by atoms with Gasteiger partial charge in [-0.05, 0) is 49.1 Å². The van der Waals surface area contributed by atoms with Gasteiger partial charge < -0.3 is 20.1 Å². The summed E-state index contributed by atoms with van der Waals surface area (Å²) in [6, 6.07) is 9.80. The van der Waals surface area contributed by atoms with Gasteiger partial charge in [0, 0.05) is 24.3 Å². The van der Waals surface area contributed by atoms with E-state index in [4.69, 9.17) is 9.47 Å². The molecule has 2 N–H and O–H groups in total. The van der Waals surface area contributed by atoms with Crippen LogP contribution in [0, 0.1) is 0 Å². The Balaban J connectivity index is 1.54. The highest BCUT2D eigenvalue weighted by Crippen LogP contribution is 2.27. The average Bonchev–Trinajstić information content (AvgIpc) is 3.45. The predicted octanol–water partition coefficient (Wildman–Crippen LogP) is 2.65. The molecule has 0 atom stereocenters. The van der Waals surface area contributed by atoms with E-state index in [0.29, 0.717) is 36.1 Å². The number of amides is 1. The van der Waals surface area contributed by atoms with E-state index in [9.17, 15) is 4.79 Å². The van der Waals surface area contributed by atoms with Crippen LogP contribution in [0.25, 0.3) is 0 Å². The lowest BCUT2D eigenvalue weighted by atomic mass is 10.1. The van der Waals surface area contributed by atoms with Crippen molar-refractivity contribution in [2.24, 2.45) is 0 Å². The van der Waals surface area contributed by atoms with E-state index in [1.807, 2.05) is 18.2 Å². The van der Waals surface area contributed by atoms with Crippen LogP contribution in [0.2, 0.25) is 0 Å². The summed E-state index contributed by atoms with van der Waals surface area (Å²) < 4.78 is 10.5. The minimum atomic E-state index is -0.0956. The number of hydrogen-bond acceptors (Lipinski definition) is 5. The Morgan fingerprint density at radius 2 is 1.96 bits per heavy atom. The number of benzene rings is 1. The molecule has 1 aliphatic rings. The number of aromatic nitrogens is 1. The van der Waals surface area contributed by atoms with Crippen LogP contribution in [0.4, 0.5) is 5.82 Å². The SMILES string of the molecule is COc1ccc(CCNC(=O)c2ccnc(NC3CC3)c2)cc1OC. The van der Waals surface area contributed by atoms with Gasteiger partial charge in [-0.25, -0.2) is 4.98 Å². The fourth-order valence-electron chi connectivity index (χ4n) is 2.55. The number of hydrogen-bond donors (Lipinski definition) is 2.